The molecule has 0 bridgehead atoms. The van der Waals surface area contributed by atoms with E-state index in [1.807, 2.05) is 18.0 Å². The molecule has 0 aliphatic carbocycles. The second-order valence-corrected chi connectivity index (χ2v) is 8.35. The Kier molecular flexibility index (Phi) is 6.71. The van der Waals surface area contributed by atoms with Crippen molar-refractivity contribution in [1.82, 2.24) is 10.2 Å². The summed E-state index contributed by atoms with van der Waals surface area (Å²) in [6, 6.07) is 9.32. The topological polar surface area (TPSA) is 32.3 Å². The molecule has 1 N–H and O–H groups in total. The molecule has 22 heavy (non-hydrogen) atoms. The Morgan fingerprint density at radius 1 is 1.27 bits per heavy atom. The minimum absolute atomic E-state index is 0.0331. The lowest BCUT2D eigenvalue weighted by atomic mass is 10.2. The van der Waals surface area contributed by atoms with Crippen LogP contribution in [0, 0.1) is 0 Å². The van der Waals surface area contributed by atoms with E-state index in [2.05, 4.69) is 27.3 Å². The Hall–Kier alpha value is -0.590. The predicted octanol–water partition coefficient (Wildman–Crippen LogP) is 4.57. The Morgan fingerprint density at radius 2 is 1.95 bits per heavy atom. The van der Waals surface area contributed by atoms with Gasteiger partial charge in [-0.25, -0.2) is 0 Å². The van der Waals surface area contributed by atoms with E-state index in [1.54, 1.807) is 29.5 Å². The second kappa shape index (κ2) is 8.31. The monoisotopic (exact) mass is 420 g/mol. The molecular weight excluding hydrogens is 407 g/mol. The average molecular weight is 422 g/mol. The SMILES string of the molecule is CN(CC(=O)NCc1cc(Cl)cc(Cl)c1)Cc1ccc(Br)s1. The van der Waals surface area contributed by atoms with Gasteiger partial charge in [-0.05, 0) is 58.9 Å². The van der Waals surface area contributed by atoms with Gasteiger partial charge >= 0.3 is 0 Å². The van der Waals surface area contributed by atoms with Gasteiger partial charge in [0.05, 0.1) is 10.3 Å². The molecule has 0 saturated heterocycles. The number of nitrogens with zero attached hydrogens (tertiary/aromatic N) is 1. The predicted molar refractivity (Wildman–Crippen MR) is 96.7 cm³/mol. The van der Waals surface area contributed by atoms with Crippen molar-refractivity contribution in [3.8, 4) is 0 Å². The number of carbonyl (C=O) groups is 1. The van der Waals surface area contributed by atoms with Gasteiger partial charge in [-0.15, -0.1) is 11.3 Å². The van der Waals surface area contributed by atoms with Gasteiger partial charge in [0.25, 0.3) is 0 Å². The van der Waals surface area contributed by atoms with Crippen molar-refractivity contribution in [3.05, 3.63) is 54.6 Å². The number of rotatable bonds is 6. The Bertz CT molecular complexity index is 642. The molecule has 0 atom stereocenters. The van der Waals surface area contributed by atoms with Crippen LogP contribution in [-0.4, -0.2) is 24.4 Å². The molecule has 0 spiro atoms. The summed E-state index contributed by atoms with van der Waals surface area (Å²) in [6.07, 6.45) is 0. The summed E-state index contributed by atoms with van der Waals surface area (Å²) in [5.74, 6) is -0.0331. The molecule has 0 saturated carbocycles. The van der Waals surface area contributed by atoms with E-state index in [4.69, 9.17) is 23.2 Å². The van der Waals surface area contributed by atoms with Gasteiger partial charge in [0.2, 0.25) is 5.91 Å². The quantitative estimate of drug-likeness (QED) is 0.740. The molecule has 2 rings (SSSR count). The smallest absolute Gasteiger partial charge is 0.234 e. The Balaban J connectivity index is 1.79. The fourth-order valence-corrected chi connectivity index (χ4v) is 4.11. The molecule has 1 amide bonds. The maximum Gasteiger partial charge on any atom is 0.234 e. The zero-order valence-corrected chi connectivity index (χ0v) is 15.8. The zero-order chi connectivity index (χ0) is 16.1. The lowest BCUT2D eigenvalue weighted by Crippen LogP contribution is -2.34. The van der Waals surface area contributed by atoms with Gasteiger partial charge in [-0.2, -0.15) is 0 Å². The molecule has 0 radical (unpaired) electrons. The van der Waals surface area contributed by atoms with Gasteiger partial charge in [0.15, 0.2) is 0 Å². The molecular formula is C15H15BrCl2N2OS. The lowest BCUT2D eigenvalue weighted by Gasteiger charge is -2.15. The number of amides is 1. The van der Waals surface area contributed by atoms with E-state index in [-0.39, 0.29) is 5.91 Å². The first-order valence-corrected chi connectivity index (χ1v) is 8.93. The number of hydrogen-bond donors (Lipinski definition) is 1. The molecule has 118 valence electrons. The van der Waals surface area contributed by atoms with Gasteiger partial charge in [0.1, 0.15) is 0 Å². The summed E-state index contributed by atoms with van der Waals surface area (Å²) in [5, 5.41) is 4.01. The van der Waals surface area contributed by atoms with Crippen LogP contribution >= 0.6 is 50.5 Å². The van der Waals surface area contributed by atoms with E-state index in [0.29, 0.717) is 23.1 Å². The van der Waals surface area contributed by atoms with Crippen LogP contribution in [0.1, 0.15) is 10.4 Å². The normalized spacial score (nSPS) is 11.0. The maximum absolute atomic E-state index is 12.0. The summed E-state index contributed by atoms with van der Waals surface area (Å²) >= 11 is 17.0. The highest BCUT2D eigenvalue weighted by atomic mass is 79.9. The van der Waals surface area contributed by atoms with E-state index >= 15 is 0 Å². The summed E-state index contributed by atoms with van der Waals surface area (Å²) in [5.41, 5.74) is 0.885. The summed E-state index contributed by atoms with van der Waals surface area (Å²) in [4.78, 5) is 15.2. The highest BCUT2D eigenvalue weighted by Gasteiger charge is 2.08. The Morgan fingerprint density at radius 3 is 2.55 bits per heavy atom. The van der Waals surface area contributed by atoms with Crippen molar-refractivity contribution in [1.29, 1.82) is 0 Å². The lowest BCUT2D eigenvalue weighted by molar-refractivity contribution is -0.122. The van der Waals surface area contributed by atoms with Crippen LogP contribution in [0.15, 0.2) is 34.1 Å². The summed E-state index contributed by atoms with van der Waals surface area (Å²) < 4.78 is 1.10. The van der Waals surface area contributed by atoms with Crippen molar-refractivity contribution >= 4 is 56.4 Å². The minimum Gasteiger partial charge on any atom is -0.351 e. The standard InChI is InChI=1S/C15H15BrCl2N2OS/c1-20(8-13-2-3-14(16)22-13)9-15(21)19-7-10-4-11(17)6-12(18)5-10/h2-6H,7-9H2,1H3,(H,19,21). The first-order chi connectivity index (χ1) is 10.4. The largest absolute Gasteiger partial charge is 0.351 e. The Labute approximate surface area is 152 Å². The van der Waals surface area contributed by atoms with E-state index in [9.17, 15) is 4.79 Å². The molecule has 0 unspecified atom stereocenters. The van der Waals surface area contributed by atoms with Gasteiger partial charge in [0, 0.05) is 28.0 Å². The van der Waals surface area contributed by atoms with Crippen LogP contribution in [0.4, 0.5) is 0 Å². The number of halogens is 3. The van der Waals surface area contributed by atoms with Crippen LogP contribution < -0.4 is 5.32 Å². The first-order valence-electron chi connectivity index (χ1n) is 6.57. The molecule has 7 heteroatoms. The third-order valence-corrected chi connectivity index (χ3v) is 4.92. The minimum atomic E-state index is -0.0331. The van der Waals surface area contributed by atoms with Crippen LogP contribution in [-0.2, 0) is 17.9 Å². The van der Waals surface area contributed by atoms with Crippen LogP contribution in [0.2, 0.25) is 10.0 Å². The third kappa shape index (κ3) is 5.89. The molecule has 1 aromatic carbocycles. The van der Waals surface area contributed by atoms with Crippen molar-refractivity contribution < 1.29 is 4.79 Å². The first kappa shape index (κ1) is 17.8. The summed E-state index contributed by atoms with van der Waals surface area (Å²) in [6.45, 7) is 1.49. The van der Waals surface area contributed by atoms with Gasteiger partial charge in [-0.1, -0.05) is 23.2 Å². The average Bonchev–Trinajstić information content (AvgIpc) is 2.80. The molecule has 0 aliphatic heterocycles. The maximum atomic E-state index is 12.0. The van der Waals surface area contributed by atoms with Crippen molar-refractivity contribution in [2.75, 3.05) is 13.6 Å². The van der Waals surface area contributed by atoms with Crippen molar-refractivity contribution in [3.63, 3.8) is 0 Å². The number of thiophene rings is 1. The van der Waals surface area contributed by atoms with E-state index < -0.39 is 0 Å². The zero-order valence-electron chi connectivity index (χ0n) is 11.9. The second-order valence-electron chi connectivity index (χ2n) is 4.93. The molecule has 1 heterocycles. The number of hydrogen-bond acceptors (Lipinski definition) is 3. The van der Waals surface area contributed by atoms with E-state index in [1.165, 1.54) is 4.88 Å². The van der Waals surface area contributed by atoms with E-state index in [0.717, 1.165) is 15.9 Å². The molecule has 3 nitrogen and oxygen atoms in total. The third-order valence-electron chi connectivity index (χ3n) is 2.88. The number of likely N-dealkylation sites (N-methyl/N-ethyl adjacent to an activating group) is 1. The van der Waals surface area contributed by atoms with Crippen LogP contribution in [0.25, 0.3) is 0 Å². The molecule has 2 aromatic rings. The summed E-state index contributed by atoms with van der Waals surface area (Å²) in [7, 11) is 1.92. The highest BCUT2D eigenvalue weighted by molar-refractivity contribution is 9.11. The van der Waals surface area contributed by atoms with Gasteiger partial charge in [-0.3, -0.25) is 9.69 Å². The number of nitrogens with one attached hydrogen (secondary N) is 1. The molecule has 0 fully saturated rings. The van der Waals surface area contributed by atoms with Crippen LogP contribution in [0.3, 0.4) is 0 Å². The fourth-order valence-electron chi connectivity index (χ4n) is 1.97. The number of carbonyl (C=O) groups excluding carboxylic acids is 1. The fraction of sp³-hybridized carbons (Fsp3) is 0.267. The van der Waals surface area contributed by atoms with Crippen molar-refractivity contribution in [2.24, 2.45) is 0 Å². The van der Waals surface area contributed by atoms with Gasteiger partial charge < -0.3 is 5.32 Å². The van der Waals surface area contributed by atoms with Crippen LogP contribution in [0.5, 0.6) is 0 Å². The molecule has 1 aromatic heterocycles. The molecule has 0 aliphatic rings. The van der Waals surface area contributed by atoms with Crippen molar-refractivity contribution in [2.45, 2.75) is 13.1 Å². The number of benzene rings is 1. The highest BCUT2D eigenvalue weighted by Crippen LogP contribution is 2.23.